The van der Waals surface area contributed by atoms with Crippen LogP contribution in [0.4, 0.5) is 30.6 Å². The SMILES string of the molecule is CC.CCN1C(=O)C(C)N(CC)c2nc(NCc3cnn(Cc4cc(F)c(F)c(F)c4)c3)ncc21. The van der Waals surface area contributed by atoms with E-state index in [4.69, 9.17) is 0 Å². The van der Waals surface area contributed by atoms with Gasteiger partial charge in [-0.1, -0.05) is 13.8 Å². The van der Waals surface area contributed by atoms with Gasteiger partial charge < -0.3 is 15.1 Å². The third kappa shape index (κ3) is 5.39. The summed E-state index contributed by atoms with van der Waals surface area (Å²) in [6, 6.07) is 1.58. The summed E-state index contributed by atoms with van der Waals surface area (Å²) in [5.74, 6) is -2.84. The van der Waals surface area contributed by atoms with Crippen LogP contribution in [0.25, 0.3) is 0 Å². The zero-order valence-electron chi connectivity index (χ0n) is 20.5. The number of rotatable bonds is 7. The average molecular weight is 490 g/mol. The van der Waals surface area contributed by atoms with Crippen LogP contribution < -0.4 is 15.1 Å². The van der Waals surface area contributed by atoms with Crippen molar-refractivity contribution < 1.29 is 18.0 Å². The molecule has 2 aromatic heterocycles. The summed E-state index contributed by atoms with van der Waals surface area (Å²) in [6.07, 6.45) is 4.96. The number of hydrogen-bond donors (Lipinski definition) is 1. The molecule has 0 saturated heterocycles. The number of carbonyl (C=O) groups is 1. The van der Waals surface area contributed by atoms with E-state index < -0.39 is 17.5 Å². The maximum absolute atomic E-state index is 13.4. The fourth-order valence-corrected chi connectivity index (χ4v) is 3.92. The van der Waals surface area contributed by atoms with Crippen LogP contribution in [-0.2, 0) is 17.9 Å². The molecule has 1 aromatic carbocycles. The van der Waals surface area contributed by atoms with Gasteiger partial charge in [0.1, 0.15) is 11.7 Å². The molecule has 11 heteroatoms. The summed E-state index contributed by atoms with van der Waals surface area (Å²) < 4.78 is 41.5. The molecule has 0 radical (unpaired) electrons. The van der Waals surface area contributed by atoms with Gasteiger partial charge in [0.15, 0.2) is 23.3 Å². The van der Waals surface area contributed by atoms with Crippen LogP contribution in [0.5, 0.6) is 0 Å². The van der Waals surface area contributed by atoms with E-state index in [-0.39, 0.29) is 24.1 Å². The van der Waals surface area contributed by atoms with Crippen LogP contribution in [0.1, 0.15) is 45.7 Å². The van der Waals surface area contributed by atoms with Crippen LogP contribution >= 0.6 is 0 Å². The highest BCUT2D eigenvalue weighted by Gasteiger charge is 2.35. The third-order valence-electron chi connectivity index (χ3n) is 5.59. The summed E-state index contributed by atoms with van der Waals surface area (Å²) in [6.45, 7) is 11.4. The predicted octanol–water partition coefficient (Wildman–Crippen LogP) is 4.36. The van der Waals surface area contributed by atoms with E-state index in [1.165, 1.54) is 4.68 Å². The molecule has 1 aliphatic heterocycles. The number of fused-ring (bicyclic) bond motifs is 1. The molecule has 3 heterocycles. The number of benzene rings is 1. The van der Waals surface area contributed by atoms with E-state index in [9.17, 15) is 18.0 Å². The fourth-order valence-electron chi connectivity index (χ4n) is 3.92. The second-order valence-corrected chi connectivity index (χ2v) is 7.72. The first kappa shape index (κ1) is 26.0. The Labute approximate surface area is 202 Å². The van der Waals surface area contributed by atoms with Gasteiger partial charge in [0.05, 0.1) is 18.9 Å². The van der Waals surface area contributed by atoms with Gasteiger partial charge in [-0.05, 0) is 38.5 Å². The number of anilines is 3. The number of amides is 1. The van der Waals surface area contributed by atoms with E-state index in [0.29, 0.717) is 37.1 Å². The largest absolute Gasteiger partial charge is 0.350 e. The normalized spacial score (nSPS) is 15.0. The summed E-state index contributed by atoms with van der Waals surface area (Å²) in [5, 5.41) is 7.33. The van der Waals surface area contributed by atoms with Crippen LogP contribution in [0, 0.1) is 17.5 Å². The van der Waals surface area contributed by atoms with E-state index in [1.807, 2.05) is 39.5 Å². The molecule has 3 aromatic rings. The minimum absolute atomic E-state index is 0.0180. The molecule has 8 nitrogen and oxygen atoms in total. The van der Waals surface area contributed by atoms with Crippen LogP contribution in [0.2, 0.25) is 0 Å². The first-order chi connectivity index (χ1) is 16.8. The second-order valence-electron chi connectivity index (χ2n) is 7.72. The number of halogens is 3. The Kier molecular flexibility index (Phi) is 8.31. The monoisotopic (exact) mass is 489 g/mol. The third-order valence-corrected chi connectivity index (χ3v) is 5.59. The number of nitrogens with zero attached hydrogens (tertiary/aromatic N) is 6. The van der Waals surface area contributed by atoms with Crippen molar-refractivity contribution in [2.75, 3.05) is 28.2 Å². The first-order valence-electron chi connectivity index (χ1n) is 11.7. The molecule has 4 rings (SSSR count). The molecule has 0 bridgehead atoms. The molecule has 0 spiro atoms. The summed E-state index contributed by atoms with van der Waals surface area (Å²) in [4.78, 5) is 25.2. The van der Waals surface area contributed by atoms with Gasteiger partial charge in [-0.25, -0.2) is 18.2 Å². The van der Waals surface area contributed by atoms with Crippen molar-refractivity contribution in [3.63, 3.8) is 0 Å². The zero-order chi connectivity index (χ0) is 25.7. The Hall–Kier alpha value is -3.63. The predicted molar refractivity (Wildman–Crippen MR) is 129 cm³/mol. The Morgan fingerprint density at radius 2 is 1.71 bits per heavy atom. The van der Waals surface area contributed by atoms with Crippen LogP contribution in [-0.4, -0.2) is 44.8 Å². The Morgan fingerprint density at radius 1 is 1.03 bits per heavy atom. The minimum atomic E-state index is -1.49. The van der Waals surface area contributed by atoms with Crippen molar-refractivity contribution in [3.8, 4) is 0 Å². The number of aromatic nitrogens is 4. The molecule has 0 saturated carbocycles. The van der Waals surface area contributed by atoms with Gasteiger partial charge in [0.2, 0.25) is 11.9 Å². The van der Waals surface area contributed by atoms with Gasteiger partial charge in [0.25, 0.3) is 0 Å². The zero-order valence-corrected chi connectivity index (χ0v) is 20.5. The van der Waals surface area contributed by atoms with Crippen molar-refractivity contribution in [2.24, 2.45) is 0 Å². The molecule has 1 atom stereocenters. The van der Waals surface area contributed by atoms with E-state index in [2.05, 4.69) is 20.4 Å². The Balaban J connectivity index is 0.00000167. The minimum Gasteiger partial charge on any atom is -0.350 e. The number of carbonyl (C=O) groups excluding carboxylic acids is 1. The molecule has 1 amide bonds. The van der Waals surface area contributed by atoms with Gasteiger partial charge in [-0.15, -0.1) is 0 Å². The average Bonchev–Trinajstić information content (AvgIpc) is 3.30. The second kappa shape index (κ2) is 11.2. The number of nitrogens with one attached hydrogen (secondary N) is 1. The van der Waals surface area contributed by atoms with Crippen LogP contribution in [0.3, 0.4) is 0 Å². The fraction of sp³-hybridized carbons (Fsp3) is 0.417. The highest BCUT2D eigenvalue weighted by Crippen LogP contribution is 2.34. The molecule has 1 unspecified atom stereocenters. The summed E-state index contributed by atoms with van der Waals surface area (Å²) in [7, 11) is 0. The number of likely N-dealkylation sites (N-methyl/N-ethyl adjacent to an activating group) is 2. The van der Waals surface area contributed by atoms with Gasteiger partial charge in [-0.2, -0.15) is 10.1 Å². The van der Waals surface area contributed by atoms with Crippen molar-refractivity contribution in [1.29, 1.82) is 0 Å². The van der Waals surface area contributed by atoms with E-state index >= 15 is 0 Å². The molecule has 188 valence electrons. The summed E-state index contributed by atoms with van der Waals surface area (Å²) >= 11 is 0. The topological polar surface area (TPSA) is 79.2 Å². The van der Waals surface area contributed by atoms with E-state index in [0.717, 1.165) is 17.7 Å². The molecule has 35 heavy (non-hydrogen) atoms. The smallest absolute Gasteiger partial charge is 0.249 e. The first-order valence-corrected chi connectivity index (χ1v) is 11.7. The van der Waals surface area contributed by atoms with Crippen molar-refractivity contribution in [2.45, 2.75) is 53.8 Å². The van der Waals surface area contributed by atoms with Crippen molar-refractivity contribution in [1.82, 2.24) is 19.7 Å². The van der Waals surface area contributed by atoms with Gasteiger partial charge in [0, 0.05) is 31.4 Å². The molecule has 0 aliphatic carbocycles. The molecule has 0 fully saturated rings. The van der Waals surface area contributed by atoms with Gasteiger partial charge >= 0.3 is 0 Å². The Bertz CT molecular complexity index is 1160. The lowest BCUT2D eigenvalue weighted by Crippen LogP contribution is -2.52. The van der Waals surface area contributed by atoms with Gasteiger partial charge in [-0.3, -0.25) is 9.48 Å². The lowest BCUT2D eigenvalue weighted by molar-refractivity contribution is -0.119. The highest BCUT2D eigenvalue weighted by atomic mass is 19.2. The van der Waals surface area contributed by atoms with E-state index in [1.54, 1.807) is 23.5 Å². The lowest BCUT2D eigenvalue weighted by atomic mass is 10.1. The maximum atomic E-state index is 13.4. The maximum Gasteiger partial charge on any atom is 0.249 e. The standard InChI is InChI=1S/C22H24F3N7O.C2H6/c1-4-31-13(3)21(33)32(5-2)18-10-27-22(29-20(18)31)26-8-15-9-28-30(12-15)11-14-6-16(23)19(25)17(24)7-14;1-2/h6-7,9-10,12-13H,4-5,8,11H2,1-3H3,(H,26,27,29);1-2H3. The molecule has 1 aliphatic rings. The summed E-state index contributed by atoms with van der Waals surface area (Å²) in [5.41, 5.74) is 1.74. The van der Waals surface area contributed by atoms with Crippen molar-refractivity contribution in [3.05, 3.63) is 59.3 Å². The Morgan fingerprint density at radius 3 is 2.34 bits per heavy atom. The molecular weight excluding hydrogens is 459 g/mol. The highest BCUT2D eigenvalue weighted by molar-refractivity contribution is 6.04. The number of hydrogen-bond acceptors (Lipinski definition) is 6. The van der Waals surface area contributed by atoms with Crippen LogP contribution in [0.15, 0.2) is 30.7 Å². The lowest BCUT2D eigenvalue weighted by Gasteiger charge is -2.39. The molecular formula is C24H30F3N7O. The quantitative estimate of drug-likeness (QED) is 0.497. The van der Waals surface area contributed by atoms with Crippen molar-refractivity contribution >= 4 is 23.4 Å². The molecule has 1 N–H and O–H groups in total.